The zero-order chi connectivity index (χ0) is 10.7. The van der Waals surface area contributed by atoms with Crippen LogP contribution in [0.5, 0.6) is 0 Å². The molecule has 0 N–H and O–H groups in total. The molecule has 0 fully saturated rings. The van der Waals surface area contributed by atoms with Gasteiger partial charge in [-0.2, -0.15) is 0 Å². The van der Waals surface area contributed by atoms with Gasteiger partial charge in [-0.25, -0.2) is 0 Å². The van der Waals surface area contributed by atoms with Gasteiger partial charge in [0.15, 0.2) is 0 Å². The van der Waals surface area contributed by atoms with E-state index in [0.29, 0.717) is 11.8 Å². The maximum atomic E-state index is 4.40. The van der Waals surface area contributed by atoms with Gasteiger partial charge in [-0.3, -0.25) is 4.99 Å². The summed E-state index contributed by atoms with van der Waals surface area (Å²) in [6.07, 6.45) is 5.69. The van der Waals surface area contributed by atoms with Crippen LogP contribution in [0.25, 0.3) is 0 Å². The van der Waals surface area contributed by atoms with Crippen molar-refractivity contribution < 1.29 is 0 Å². The third-order valence-corrected chi connectivity index (χ3v) is 3.01. The van der Waals surface area contributed by atoms with Gasteiger partial charge in [0.1, 0.15) is 0 Å². The Bertz CT molecular complexity index is 294. The molecular formula is C13H21N. The van der Waals surface area contributed by atoms with Crippen LogP contribution in [-0.2, 0) is 0 Å². The summed E-state index contributed by atoms with van der Waals surface area (Å²) in [5, 5.41) is 0. The lowest BCUT2D eigenvalue weighted by Gasteiger charge is -2.27. The molecule has 0 bridgehead atoms. The summed E-state index contributed by atoms with van der Waals surface area (Å²) in [6.45, 7) is 8.86. The van der Waals surface area contributed by atoms with Crippen LogP contribution in [0.15, 0.2) is 28.3 Å². The van der Waals surface area contributed by atoms with Gasteiger partial charge >= 0.3 is 0 Å². The molecule has 0 amide bonds. The van der Waals surface area contributed by atoms with E-state index >= 15 is 0 Å². The lowest BCUT2D eigenvalue weighted by Crippen LogP contribution is -2.24. The standard InChI is InChI=1S/C13H21N/c1-6-12(14-5)13-10(3)7-9(2)8-11(13)4/h7-8,10,13H,6H2,1-5H3. The number of hydrogen-bond acceptors (Lipinski definition) is 1. The van der Waals surface area contributed by atoms with Gasteiger partial charge in [0.05, 0.1) is 0 Å². The van der Waals surface area contributed by atoms with E-state index in [9.17, 15) is 0 Å². The average Bonchev–Trinajstić information content (AvgIpc) is 2.10. The molecule has 14 heavy (non-hydrogen) atoms. The number of nitrogens with zero attached hydrogens (tertiary/aromatic N) is 1. The van der Waals surface area contributed by atoms with Crippen molar-refractivity contribution in [3.63, 3.8) is 0 Å². The van der Waals surface area contributed by atoms with E-state index in [-0.39, 0.29) is 0 Å². The van der Waals surface area contributed by atoms with Crippen LogP contribution >= 0.6 is 0 Å². The monoisotopic (exact) mass is 191 g/mol. The molecule has 0 radical (unpaired) electrons. The lowest BCUT2D eigenvalue weighted by atomic mass is 9.78. The number of aliphatic imine (C=N–C) groups is 1. The minimum atomic E-state index is 0.536. The molecule has 1 rings (SSSR count). The van der Waals surface area contributed by atoms with Gasteiger partial charge in [0.25, 0.3) is 0 Å². The highest BCUT2D eigenvalue weighted by molar-refractivity contribution is 5.89. The van der Waals surface area contributed by atoms with Gasteiger partial charge in [-0.1, -0.05) is 37.1 Å². The number of hydrogen-bond donors (Lipinski definition) is 0. The van der Waals surface area contributed by atoms with Crippen molar-refractivity contribution in [2.24, 2.45) is 16.8 Å². The van der Waals surface area contributed by atoms with Crippen LogP contribution in [0.1, 0.15) is 34.1 Å². The average molecular weight is 191 g/mol. The van der Waals surface area contributed by atoms with Gasteiger partial charge in [0, 0.05) is 18.7 Å². The van der Waals surface area contributed by atoms with Crippen LogP contribution in [-0.4, -0.2) is 12.8 Å². The minimum absolute atomic E-state index is 0.536. The second kappa shape index (κ2) is 4.59. The van der Waals surface area contributed by atoms with Crippen molar-refractivity contribution in [2.45, 2.75) is 34.1 Å². The quantitative estimate of drug-likeness (QED) is 0.591. The van der Waals surface area contributed by atoms with Crippen molar-refractivity contribution in [3.05, 3.63) is 23.3 Å². The summed E-state index contributed by atoms with van der Waals surface area (Å²) in [7, 11) is 1.91. The molecule has 0 aromatic rings. The summed E-state index contributed by atoms with van der Waals surface area (Å²) in [5.41, 5.74) is 4.17. The second-order valence-electron chi connectivity index (χ2n) is 4.20. The molecule has 0 saturated heterocycles. The van der Waals surface area contributed by atoms with E-state index in [4.69, 9.17) is 0 Å². The summed E-state index contributed by atoms with van der Waals surface area (Å²) >= 11 is 0. The predicted octanol–water partition coefficient (Wildman–Crippen LogP) is 3.63. The molecule has 0 aromatic heterocycles. The summed E-state index contributed by atoms with van der Waals surface area (Å²) in [5.74, 6) is 1.13. The Morgan fingerprint density at radius 1 is 1.43 bits per heavy atom. The summed E-state index contributed by atoms with van der Waals surface area (Å²) in [4.78, 5) is 4.40. The first-order valence-electron chi connectivity index (χ1n) is 5.42. The molecule has 1 heteroatoms. The van der Waals surface area contributed by atoms with Gasteiger partial charge in [0.2, 0.25) is 0 Å². The van der Waals surface area contributed by atoms with Gasteiger partial charge in [-0.05, 0) is 26.2 Å². The van der Waals surface area contributed by atoms with Gasteiger partial charge in [-0.15, -0.1) is 0 Å². The Labute approximate surface area is 87.6 Å². The fourth-order valence-electron chi connectivity index (χ4n) is 2.51. The van der Waals surface area contributed by atoms with Crippen LogP contribution in [0, 0.1) is 11.8 Å². The van der Waals surface area contributed by atoms with Crippen LogP contribution in [0.3, 0.4) is 0 Å². The maximum absolute atomic E-state index is 4.40. The smallest absolute Gasteiger partial charge is 0.0276 e. The summed E-state index contributed by atoms with van der Waals surface area (Å²) in [6, 6.07) is 0. The Morgan fingerprint density at radius 3 is 2.50 bits per heavy atom. The Morgan fingerprint density at radius 2 is 2.07 bits per heavy atom. The first-order chi connectivity index (χ1) is 6.60. The van der Waals surface area contributed by atoms with Crippen LogP contribution < -0.4 is 0 Å². The number of allylic oxidation sites excluding steroid dienone is 4. The predicted molar refractivity (Wildman–Crippen MR) is 63.8 cm³/mol. The fourth-order valence-corrected chi connectivity index (χ4v) is 2.51. The molecule has 1 nitrogen and oxygen atoms in total. The zero-order valence-corrected chi connectivity index (χ0v) is 9.96. The molecule has 2 unspecified atom stereocenters. The Hall–Kier alpha value is -0.850. The van der Waals surface area contributed by atoms with Crippen molar-refractivity contribution in [1.29, 1.82) is 0 Å². The van der Waals surface area contributed by atoms with Crippen molar-refractivity contribution >= 4 is 5.71 Å². The molecule has 0 saturated carbocycles. The second-order valence-corrected chi connectivity index (χ2v) is 4.20. The number of rotatable bonds is 2. The molecule has 0 aliphatic heterocycles. The van der Waals surface area contributed by atoms with E-state index < -0.39 is 0 Å². The van der Waals surface area contributed by atoms with Crippen LogP contribution in [0.4, 0.5) is 0 Å². The van der Waals surface area contributed by atoms with Crippen molar-refractivity contribution in [3.8, 4) is 0 Å². The largest absolute Gasteiger partial charge is 0.297 e. The normalized spacial score (nSPS) is 28.5. The van der Waals surface area contributed by atoms with E-state index in [0.717, 1.165) is 6.42 Å². The van der Waals surface area contributed by atoms with E-state index in [1.54, 1.807) is 0 Å². The molecule has 2 atom stereocenters. The third-order valence-electron chi connectivity index (χ3n) is 3.01. The summed E-state index contributed by atoms with van der Waals surface area (Å²) < 4.78 is 0. The lowest BCUT2D eigenvalue weighted by molar-refractivity contribution is 0.592. The van der Waals surface area contributed by atoms with Gasteiger partial charge < -0.3 is 0 Å². The molecule has 0 aromatic carbocycles. The topological polar surface area (TPSA) is 12.4 Å². The highest BCUT2D eigenvalue weighted by Crippen LogP contribution is 2.30. The molecule has 78 valence electrons. The maximum Gasteiger partial charge on any atom is 0.0276 e. The SMILES string of the molecule is CCC(=NC)C1C(C)=CC(C)=CC1C. The van der Waals surface area contributed by atoms with Crippen molar-refractivity contribution in [2.75, 3.05) is 7.05 Å². The minimum Gasteiger partial charge on any atom is -0.297 e. The molecule has 1 aliphatic rings. The fraction of sp³-hybridized carbons (Fsp3) is 0.615. The Balaban J connectivity index is 2.97. The highest BCUT2D eigenvalue weighted by atomic mass is 14.7. The Kier molecular flexibility index (Phi) is 3.68. The third kappa shape index (κ3) is 2.14. The molecule has 0 spiro atoms. The van der Waals surface area contributed by atoms with E-state index in [1.165, 1.54) is 16.9 Å². The first kappa shape index (κ1) is 11.2. The van der Waals surface area contributed by atoms with E-state index in [1.807, 2.05) is 7.05 Å². The highest BCUT2D eigenvalue weighted by Gasteiger charge is 2.24. The molecule has 1 aliphatic carbocycles. The molecule has 0 heterocycles. The zero-order valence-electron chi connectivity index (χ0n) is 9.96. The van der Waals surface area contributed by atoms with Crippen LogP contribution in [0.2, 0.25) is 0 Å². The molecular weight excluding hydrogens is 170 g/mol. The first-order valence-corrected chi connectivity index (χ1v) is 5.42. The van der Waals surface area contributed by atoms with Crippen molar-refractivity contribution in [1.82, 2.24) is 0 Å². The van der Waals surface area contributed by atoms with E-state index in [2.05, 4.69) is 44.8 Å².